The molecule has 0 aliphatic carbocycles. The number of benzene rings is 1. The molecule has 0 spiro atoms. The van der Waals surface area contributed by atoms with Crippen LogP contribution in [0.1, 0.15) is 11.7 Å². The van der Waals surface area contributed by atoms with Crippen LogP contribution in [-0.4, -0.2) is 24.4 Å². The van der Waals surface area contributed by atoms with Crippen LogP contribution in [-0.2, 0) is 10.0 Å². The van der Waals surface area contributed by atoms with Crippen LogP contribution in [0.3, 0.4) is 0 Å². The fourth-order valence-corrected chi connectivity index (χ4v) is 1.70. The minimum Gasteiger partial charge on any atom is -0.508 e. The average molecular weight is 217 g/mol. The summed E-state index contributed by atoms with van der Waals surface area (Å²) in [6, 6.07) is 5.96. The van der Waals surface area contributed by atoms with Gasteiger partial charge in [0.2, 0.25) is 10.0 Å². The van der Waals surface area contributed by atoms with E-state index in [1.54, 1.807) is 12.1 Å². The molecule has 0 amide bonds. The minimum atomic E-state index is -3.75. The predicted molar refractivity (Wildman–Crippen MR) is 51.0 cm³/mol. The lowest BCUT2D eigenvalue weighted by atomic mass is 10.1. The van der Waals surface area contributed by atoms with Gasteiger partial charge >= 0.3 is 0 Å². The molecule has 0 saturated heterocycles. The normalized spacial score (nSPS) is 13.9. The van der Waals surface area contributed by atoms with Gasteiger partial charge in [-0.05, 0) is 6.07 Å². The fourth-order valence-electron chi connectivity index (χ4n) is 1.08. The molecule has 1 aromatic rings. The summed E-state index contributed by atoms with van der Waals surface area (Å²) in [5.74, 6) is -0.756. The Bertz CT molecular complexity index is 415. The number of rotatable bonds is 3. The lowest BCUT2D eigenvalue weighted by Gasteiger charge is -2.10. The highest BCUT2D eigenvalue weighted by molar-refractivity contribution is 7.89. The van der Waals surface area contributed by atoms with E-state index in [0.29, 0.717) is 0 Å². The second kappa shape index (κ2) is 3.95. The van der Waals surface area contributed by atoms with Crippen molar-refractivity contribution in [2.24, 2.45) is 5.14 Å². The molecule has 5 nitrogen and oxygen atoms in total. The maximum Gasteiger partial charge on any atom is 0.211 e. The molecular formula is C8H11NO4S. The third-order valence-electron chi connectivity index (χ3n) is 1.69. The summed E-state index contributed by atoms with van der Waals surface area (Å²) in [4.78, 5) is 0. The van der Waals surface area contributed by atoms with Crippen LogP contribution >= 0.6 is 0 Å². The number of hydrogen-bond acceptors (Lipinski definition) is 4. The fraction of sp³-hybridized carbons (Fsp3) is 0.250. The predicted octanol–water partition coefficient (Wildman–Crippen LogP) is -0.286. The Balaban J connectivity index is 2.90. The zero-order valence-electron chi connectivity index (χ0n) is 7.29. The van der Waals surface area contributed by atoms with Gasteiger partial charge < -0.3 is 10.2 Å². The van der Waals surface area contributed by atoms with Crippen molar-refractivity contribution in [1.29, 1.82) is 0 Å². The molecule has 78 valence electrons. The highest BCUT2D eigenvalue weighted by atomic mass is 32.2. The maximum atomic E-state index is 10.7. The van der Waals surface area contributed by atoms with Gasteiger partial charge in [-0.25, -0.2) is 13.6 Å². The summed E-state index contributed by atoms with van der Waals surface area (Å²) in [5.41, 5.74) is 0.154. The van der Waals surface area contributed by atoms with E-state index in [0.717, 1.165) is 0 Å². The first-order chi connectivity index (χ1) is 6.40. The summed E-state index contributed by atoms with van der Waals surface area (Å²) in [5, 5.41) is 23.5. The molecule has 0 heterocycles. The zero-order chi connectivity index (χ0) is 10.8. The van der Waals surface area contributed by atoms with Crippen molar-refractivity contribution >= 4 is 10.0 Å². The number of aliphatic hydroxyl groups is 1. The number of primary sulfonamides is 1. The molecule has 6 heteroatoms. The quantitative estimate of drug-likeness (QED) is 0.647. The number of aromatic hydroxyl groups is 1. The molecule has 14 heavy (non-hydrogen) atoms. The van der Waals surface area contributed by atoms with Crippen molar-refractivity contribution in [2.45, 2.75) is 6.10 Å². The second-order valence-electron chi connectivity index (χ2n) is 2.90. The summed E-state index contributed by atoms with van der Waals surface area (Å²) in [6.45, 7) is 0. The number of hydrogen-bond donors (Lipinski definition) is 3. The molecule has 1 aromatic carbocycles. The highest BCUT2D eigenvalue weighted by Gasteiger charge is 2.17. The standard InChI is InChI=1S/C8H11NO4S/c9-14(12,13)5-8(11)6-3-1-2-4-7(6)10/h1-4,8,10-11H,5H2,(H2,9,12,13). The molecule has 1 atom stereocenters. The molecule has 0 fully saturated rings. The van der Waals surface area contributed by atoms with Crippen molar-refractivity contribution < 1.29 is 18.6 Å². The number of phenolic OH excluding ortho intramolecular Hbond substituents is 1. The number of aliphatic hydroxyl groups excluding tert-OH is 1. The largest absolute Gasteiger partial charge is 0.508 e. The van der Waals surface area contributed by atoms with Gasteiger partial charge in [0.25, 0.3) is 0 Å². The molecule has 0 aliphatic heterocycles. The van der Waals surface area contributed by atoms with Gasteiger partial charge in [0.05, 0.1) is 11.9 Å². The molecule has 0 bridgehead atoms. The Hall–Kier alpha value is -1.11. The average Bonchev–Trinajstić information content (AvgIpc) is 2.01. The summed E-state index contributed by atoms with van der Waals surface area (Å²) < 4.78 is 21.3. The van der Waals surface area contributed by atoms with Crippen LogP contribution < -0.4 is 5.14 Å². The van der Waals surface area contributed by atoms with E-state index < -0.39 is 21.9 Å². The molecule has 0 aromatic heterocycles. The van der Waals surface area contributed by atoms with Crippen molar-refractivity contribution in [3.63, 3.8) is 0 Å². The second-order valence-corrected chi connectivity index (χ2v) is 4.56. The Kier molecular flexibility index (Phi) is 3.10. The van der Waals surface area contributed by atoms with Gasteiger partial charge in [-0.15, -0.1) is 0 Å². The zero-order valence-corrected chi connectivity index (χ0v) is 8.11. The summed E-state index contributed by atoms with van der Waals surface area (Å²) in [7, 11) is -3.75. The van der Waals surface area contributed by atoms with E-state index >= 15 is 0 Å². The third-order valence-corrected chi connectivity index (χ3v) is 2.47. The first-order valence-electron chi connectivity index (χ1n) is 3.86. The maximum absolute atomic E-state index is 10.7. The highest BCUT2D eigenvalue weighted by Crippen LogP contribution is 2.23. The van der Waals surface area contributed by atoms with E-state index in [1.165, 1.54) is 12.1 Å². The molecular weight excluding hydrogens is 206 g/mol. The number of phenols is 1. The Labute approximate surface area is 81.9 Å². The van der Waals surface area contributed by atoms with Crippen molar-refractivity contribution in [2.75, 3.05) is 5.75 Å². The van der Waals surface area contributed by atoms with Gasteiger partial charge in [0.1, 0.15) is 5.75 Å². The SMILES string of the molecule is NS(=O)(=O)CC(O)c1ccccc1O. The first kappa shape index (κ1) is 11.0. The van der Waals surface area contributed by atoms with Crippen LogP contribution in [0.2, 0.25) is 0 Å². The van der Waals surface area contributed by atoms with Crippen LogP contribution in [0.25, 0.3) is 0 Å². The van der Waals surface area contributed by atoms with Crippen LogP contribution in [0.4, 0.5) is 0 Å². The summed E-state index contributed by atoms with van der Waals surface area (Å²) in [6.07, 6.45) is -1.30. The van der Waals surface area contributed by atoms with Gasteiger partial charge in [-0.3, -0.25) is 0 Å². The lowest BCUT2D eigenvalue weighted by molar-refractivity contribution is 0.197. The van der Waals surface area contributed by atoms with Crippen LogP contribution in [0.15, 0.2) is 24.3 Å². The van der Waals surface area contributed by atoms with Gasteiger partial charge in [-0.1, -0.05) is 18.2 Å². The van der Waals surface area contributed by atoms with Crippen molar-refractivity contribution in [1.82, 2.24) is 0 Å². The van der Waals surface area contributed by atoms with E-state index in [-0.39, 0.29) is 11.3 Å². The van der Waals surface area contributed by atoms with Gasteiger partial charge in [-0.2, -0.15) is 0 Å². The number of para-hydroxylation sites is 1. The number of sulfonamides is 1. The molecule has 0 radical (unpaired) electrons. The van der Waals surface area contributed by atoms with Crippen LogP contribution in [0, 0.1) is 0 Å². The molecule has 0 aliphatic rings. The Morgan fingerprint density at radius 1 is 1.36 bits per heavy atom. The van der Waals surface area contributed by atoms with E-state index in [2.05, 4.69) is 0 Å². The van der Waals surface area contributed by atoms with Crippen molar-refractivity contribution in [3.8, 4) is 5.75 Å². The molecule has 1 unspecified atom stereocenters. The van der Waals surface area contributed by atoms with E-state index in [9.17, 15) is 18.6 Å². The first-order valence-corrected chi connectivity index (χ1v) is 5.58. The topological polar surface area (TPSA) is 101 Å². The van der Waals surface area contributed by atoms with Crippen molar-refractivity contribution in [3.05, 3.63) is 29.8 Å². The van der Waals surface area contributed by atoms with E-state index in [4.69, 9.17) is 5.14 Å². The monoisotopic (exact) mass is 217 g/mol. The molecule has 1 rings (SSSR count). The smallest absolute Gasteiger partial charge is 0.211 e. The van der Waals surface area contributed by atoms with E-state index in [1.807, 2.05) is 0 Å². The number of nitrogens with two attached hydrogens (primary N) is 1. The van der Waals surface area contributed by atoms with Gasteiger partial charge in [0, 0.05) is 5.56 Å². The van der Waals surface area contributed by atoms with Gasteiger partial charge in [0.15, 0.2) is 0 Å². The Morgan fingerprint density at radius 2 is 1.93 bits per heavy atom. The lowest BCUT2D eigenvalue weighted by Crippen LogP contribution is -2.21. The third kappa shape index (κ3) is 2.99. The summed E-state index contributed by atoms with van der Waals surface area (Å²) >= 11 is 0. The van der Waals surface area contributed by atoms with Crippen LogP contribution in [0.5, 0.6) is 5.75 Å². The Morgan fingerprint density at radius 3 is 2.43 bits per heavy atom. The molecule has 4 N–H and O–H groups in total. The minimum absolute atomic E-state index is 0.149. The molecule has 0 saturated carbocycles.